The van der Waals surface area contributed by atoms with E-state index in [9.17, 15) is 9.90 Å². The van der Waals surface area contributed by atoms with Crippen LogP contribution in [0.3, 0.4) is 0 Å². The van der Waals surface area contributed by atoms with E-state index in [0.29, 0.717) is 6.42 Å². The second kappa shape index (κ2) is 20.7. The molecule has 2 N–H and O–H groups in total. The summed E-state index contributed by atoms with van der Waals surface area (Å²) in [6.45, 7) is 1.88. The van der Waals surface area contributed by atoms with Crippen LogP contribution in [0.5, 0.6) is 0 Å². The largest absolute Gasteiger partial charge is 0.481 e. The first-order valence-electron chi connectivity index (χ1n) is 11.5. The molecule has 0 heterocycles. The van der Waals surface area contributed by atoms with Gasteiger partial charge in [0.2, 0.25) is 0 Å². The van der Waals surface area contributed by atoms with Crippen LogP contribution in [0.4, 0.5) is 0 Å². The van der Waals surface area contributed by atoms with Crippen molar-refractivity contribution in [1.82, 2.24) is 0 Å². The number of aliphatic hydroxyl groups is 1. The summed E-state index contributed by atoms with van der Waals surface area (Å²) in [5, 5.41) is 17.8. The Kier molecular flexibility index (Phi) is 20.3. The fourth-order valence-corrected chi connectivity index (χ4v) is 3.54. The van der Waals surface area contributed by atoms with Crippen molar-refractivity contribution in [2.45, 2.75) is 141 Å². The number of aliphatic hydroxyl groups excluding tert-OH is 1. The van der Waals surface area contributed by atoms with Gasteiger partial charge in [0.05, 0.1) is 6.10 Å². The zero-order chi connectivity index (χ0) is 19.3. The molecular weight excluding hydrogens is 324 g/mol. The number of hydrogen-bond acceptors (Lipinski definition) is 2. The molecule has 0 bridgehead atoms. The van der Waals surface area contributed by atoms with Crippen LogP contribution in [-0.4, -0.2) is 22.3 Å². The second-order valence-corrected chi connectivity index (χ2v) is 8.15. The average Bonchev–Trinajstić information content (AvgIpc) is 2.59. The molecule has 0 aliphatic rings. The van der Waals surface area contributed by atoms with Crippen molar-refractivity contribution in [2.75, 3.05) is 0 Å². The Morgan fingerprint density at radius 1 is 0.577 bits per heavy atom. The predicted molar refractivity (Wildman–Crippen MR) is 112 cm³/mol. The molecule has 0 saturated carbocycles. The third-order valence-electron chi connectivity index (χ3n) is 5.26. The smallest absolute Gasteiger partial charge is 0.303 e. The lowest BCUT2D eigenvalue weighted by molar-refractivity contribution is -0.137. The number of unbranched alkanes of at least 4 members (excludes halogenated alkanes) is 17. The number of aliphatic carboxylic acids is 1. The predicted octanol–water partition coefficient (Wildman–Crippen LogP) is 7.25. The van der Waals surface area contributed by atoms with E-state index in [1.54, 1.807) is 0 Å². The van der Waals surface area contributed by atoms with Gasteiger partial charge in [0, 0.05) is 6.42 Å². The zero-order valence-electron chi connectivity index (χ0n) is 17.5. The summed E-state index contributed by atoms with van der Waals surface area (Å²) < 4.78 is 0. The van der Waals surface area contributed by atoms with E-state index in [0.717, 1.165) is 19.3 Å². The molecule has 0 amide bonds. The fourth-order valence-electron chi connectivity index (χ4n) is 3.54. The minimum absolute atomic E-state index is 0.120. The van der Waals surface area contributed by atoms with E-state index < -0.39 is 5.97 Å². The van der Waals surface area contributed by atoms with Gasteiger partial charge in [-0.3, -0.25) is 4.79 Å². The van der Waals surface area contributed by atoms with Gasteiger partial charge in [-0.25, -0.2) is 0 Å². The number of carboxylic acids is 1. The number of rotatable bonds is 21. The standard InChI is InChI=1S/C23H46O3/c1-22(24)20-18-16-14-12-10-8-6-4-2-3-5-7-9-11-13-15-17-19-21-23(25)26/h22,24H,2-21H2,1H3,(H,25,26). The Bertz CT molecular complexity index is 289. The molecule has 0 aromatic rings. The summed E-state index contributed by atoms with van der Waals surface area (Å²) in [6.07, 6.45) is 24.6. The Morgan fingerprint density at radius 3 is 1.12 bits per heavy atom. The average molecular weight is 371 g/mol. The normalized spacial score (nSPS) is 12.4. The number of carbonyl (C=O) groups is 1. The molecule has 0 saturated heterocycles. The highest BCUT2D eigenvalue weighted by molar-refractivity contribution is 5.66. The summed E-state index contributed by atoms with van der Waals surface area (Å²) >= 11 is 0. The summed E-state index contributed by atoms with van der Waals surface area (Å²) in [7, 11) is 0. The van der Waals surface area contributed by atoms with Gasteiger partial charge < -0.3 is 10.2 Å². The monoisotopic (exact) mass is 370 g/mol. The minimum atomic E-state index is -0.658. The van der Waals surface area contributed by atoms with E-state index in [2.05, 4.69) is 0 Å². The maximum atomic E-state index is 10.4. The molecule has 0 fully saturated rings. The summed E-state index contributed by atoms with van der Waals surface area (Å²) in [6, 6.07) is 0. The van der Waals surface area contributed by atoms with E-state index >= 15 is 0 Å². The molecule has 1 unspecified atom stereocenters. The molecular formula is C23H46O3. The van der Waals surface area contributed by atoms with E-state index in [-0.39, 0.29) is 6.10 Å². The third kappa shape index (κ3) is 23.4. The van der Waals surface area contributed by atoms with Gasteiger partial charge >= 0.3 is 5.97 Å². The summed E-state index contributed by atoms with van der Waals surface area (Å²) in [5.74, 6) is -0.658. The zero-order valence-corrected chi connectivity index (χ0v) is 17.5. The molecule has 0 aromatic heterocycles. The fraction of sp³-hybridized carbons (Fsp3) is 0.957. The molecule has 0 rings (SSSR count). The SMILES string of the molecule is CC(O)CCCCCCCCCCCCCCCCCCCCC(=O)O. The van der Waals surface area contributed by atoms with Crippen molar-refractivity contribution in [1.29, 1.82) is 0 Å². The van der Waals surface area contributed by atoms with Gasteiger partial charge in [-0.15, -0.1) is 0 Å². The Labute approximate surface area is 163 Å². The molecule has 26 heavy (non-hydrogen) atoms. The van der Waals surface area contributed by atoms with Crippen molar-refractivity contribution in [3.8, 4) is 0 Å². The Hall–Kier alpha value is -0.570. The third-order valence-corrected chi connectivity index (χ3v) is 5.26. The van der Waals surface area contributed by atoms with Crippen molar-refractivity contribution in [3.63, 3.8) is 0 Å². The van der Waals surface area contributed by atoms with E-state index in [1.165, 1.54) is 103 Å². The summed E-state index contributed by atoms with van der Waals surface area (Å²) in [5.41, 5.74) is 0. The molecule has 156 valence electrons. The second-order valence-electron chi connectivity index (χ2n) is 8.15. The van der Waals surface area contributed by atoms with Crippen LogP contribution < -0.4 is 0 Å². The molecule has 0 spiro atoms. The first kappa shape index (κ1) is 25.4. The molecule has 3 nitrogen and oxygen atoms in total. The first-order chi connectivity index (χ1) is 12.6. The van der Waals surface area contributed by atoms with Crippen LogP contribution in [0.15, 0.2) is 0 Å². The van der Waals surface area contributed by atoms with Crippen molar-refractivity contribution in [3.05, 3.63) is 0 Å². The van der Waals surface area contributed by atoms with Gasteiger partial charge in [-0.2, -0.15) is 0 Å². The van der Waals surface area contributed by atoms with Gasteiger partial charge in [-0.1, -0.05) is 109 Å². The lowest BCUT2D eigenvalue weighted by Crippen LogP contribution is -1.98. The summed E-state index contributed by atoms with van der Waals surface area (Å²) in [4.78, 5) is 10.4. The van der Waals surface area contributed by atoms with Crippen molar-refractivity contribution >= 4 is 5.97 Å². The molecule has 3 heteroatoms. The lowest BCUT2D eigenvalue weighted by Gasteiger charge is -2.05. The Morgan fingerprint density at radius 2 is 0.846 bits per heavy atom. The van der Waals surface area contributed by atoms with Gasteiger partial charge in [0.15, 0.2) is 0 Å². The molecule has 0 aromatic carbocycles. The highest BCUT2D eigenvalue weighted by Crippen LogP contribution is 2.15. The van der Waals surface area contributed by atoms with Crippen LogP contribution in [0, 0.1) is 0 Å². The van der Waals surface area contributed by atoms with Crippen molar-refractivity contribution < 1.29 is 15.0 Å². The molecule has 0 aliphatic heterocycles. The number of hydrogen-bond donors (Lipinski definition) is 2. The lowest BCUT2D eigenvalue weighted by atomic mass is 10.0. The minimum Gasteiger partial charge on any atom is -0.481 e. The molecule has 1 atom stereocenters. The van der Waals surface area contributed by atoms with Crippen LogP contribution in [0.25, 0.3) is 0 Å². The number of carboxylic acid groups (broad SMARTS) is 1. The highest BCUT2D eigenvalue weighted by Gasteiger charge is 1.98. The van der Waals surface area contributed by atoms with Crippen LogP contribution in [-0.2, 0) is 4.79 Å². The maximum absolute atomic E-state index is 10.4. The van der Waals surface area contributed by atoms with Gasteiger partial charge in [-0.05, 0) is 19.8 Å². The maximum Gasteiger partial charge on any atom is 0.303 e. The quantitative estimate of drug-likeness (QED) is 0.209. The van der Waals surface area contributed by atoms with Crippen LogP contribution >= 0.6 is 0 Å². The van der Waals surface area contributed by atoms with Gasteiger partial charge in [0.25, 0.3) is 0 Å². The van der Waals surface area contributed by atoms with E-state index in [4.69, 9.17) is 5.11 Å². The molecule has 0 radical (unpaired) electrons. The topological polar surface area (TPSA) is 57.5 Å². The van der Waals surface area contributed by atoms with Crippen molar-refractivity contribution in [2.24, 2.45) is 0 Å². The Balaban J connectivity index is 3.00. The first-order valence-corrected chi connectivity index (χ1v) is 11.5. The van der Waals surface area contributed by atoms with Crippen LogP contribution in [0.2, 0.25) is 0 Å². The molecule has 0 aliphatic carbocycles. The van der Waals surface area contributed by atoms with E-state index in [1.807, 2.05) is 6.92 Å². The highest BCUT2D eigenvalue weighted by atomic mass is 16.4. The van der Waals surface area contributed by atoms with Gasteiger partial charge in [0.1, 0.15) is 0 Å². The van der Waals surface area contributed by atoms with Crippen LogP contribution in [0.1, 0.15) is 135 Å².